The van der Waals surface area contributed by atoms with Crippen molar-refractivity contribution < 1.29 is 4.79 Å². The first-order chi connectivity index (χ1) is 11.8. The number of thiazole rings is 1. The van der Waals surface area contributed by atoms with E-state index in [2.05, 4.69) is 21.7 Å². The van der Waals surface area contributed by atoms with Crippen LogP contribution in [0.1, 0.15) is 57.1 Å². The Balaban J connectivity index is 1.48. The molecule has 0 unspecified atom stereocenters. The third-order valence-electron chi connectivity index (χ3n) is 5.34. The lowest BCUT2D eigenvalue weighted by Crippen LogP contribution is -2.45. The van der Waals surface area contributed by atoms with Crippen LogP contribution in [0, 0.1) is 0 Å². The summed E-state index contributed by atoms with van der Waals surface area (Å²) in [6.07, 6.45) is 10.4. The molecule has 2 aliphatic carbocycles. The lowest BCUT2D eigenvalue weighted by molar-refractivity contribution is -0.135. The van der Waals surface area contributed by atoms with Gasteiger partial charge in [0.05, 0.1) is 17.0 Å². The van der Waals surface area contributed by atoms with Gasteiger partial charge in [-0.3, -0.25) is 4.79 Å². The molecule has 0 N–H and O–H groups in total. The standard InChI is InChI=1S/C19H24N2OS2/c22-18(12-14-13-24-19(20-14)17-10-5-11-23-17)21(15-6-1-2-7-15)16-8-3-4-9-16/h5,10-11,13,15-16H,1-4,6-9,12H2. The molecule has 3 nitrogen and oxygen atoms in total. The minimum atomic E-state index is 0.303. The molecule has 0 saturated heterocycles. The molecule has 0 spiro atoms. The van der Waals surface area contributed by atoms with Gasteiger partial charge in [-0.25, -0.2) is 4.98 Å². The molecule has 128 valence electrons. The molecule has 0 bridgehead atoms. The van der Waals surface area contributed by atoms with Crippen molar-refractivity contribution in [3.05, 3.63) is 28.6 Å². The molecule has 2 heterocycles. The summed E-state index contributed by atoms with van der Waals surface area (Å²) in [7, 11) is 0. The fourth-order valence-corrected chi connectivity index (χ4v) is 5.85. The second-order valence-electron chi connectivity index (χ2n) is 6.98. The van der Waals surface area contributed by atoms with E-state index >= 15 is 0 Å². The smallest absolute Gasteiger partial charge is 0.229 e. The Morgan fingerprint density at radius 1 is 1.08 bits per heavy atom. The molecule has 1 amide bonds. The highest BCUT2D eigenvalue weighted by atomic mass is 32.1. The number of aromatic nitrogens is 1. The average Bonchev–Trinajstić information content (AvgIpc) is 3.37. The maximum Gasteiger partial charge on any atom is 0.229 e. The lowest BCUT2D eigenvalue weighted by atomic mass is 10.1. The maximum atomic E-state index is 13.1. The van der Waals surface area contributed by atoms with Crippen molar-refractivity contribution in [1.82, 2.24) is 9.88 Å². The molecule has 2 fully saturated rings. The summed E-state index contributed by atoms with van der Waals surface area (Å²) >= 11 is 3.36. The monoisotopic (exact) mass is 360 g/mol. The summed E-state index contributed by atoms with van der Waals surface area (Å²) in [5.74, 6) is 0.303. The second-order valence-corrected chi connectivity index (χ2v) is 8.78. The van der Waals surface area contributed by atoms with Gasteiger partial charge in [0.2, 0.25) is 5.91 Å². The van der Waals surface area contributed by atoms with Crippen LogP contribution in [0.15, 0.2) is 22.9 Å². The molecule has 2 aromatic rings. The van der Waals surface area contributed by atoms with Crippen LogP contribution < -0.4 is 0 Å². The Bertz CT molecular complexity index is 651. The molecule has 0 aliphatic heterocycles. The van der Waals surface area contributed by atoms with Crippen LogP contribution in [0.2, 0.25) is 0 Å². The van der Waals surface area contributed by atoms with Crippen LogP contribution in [0.5, 0.6) is 0 Å². The van der Waals surface area contributed by atoms with Gasteiger partial charge in [-0.2, -0.15) is 0 Å². The normalized spacial score (nSPS) is 19.2. The number of rotatable bonds is 5. The lowest BCUT2D eigenvalue weighted by Gasteiger charge is -2.34. The molecular formula is C19H24N2OS2. The maximum absolute atomic E-state index is 13.1. The number of amides is 1. The quantitative estimate of drug-likeness (QED) is 0.741. The van der Waals surface area contributed by atoms with E-state index in [0.29, 0.717) is 24.4 Å². The molecule has 0 aromatic carbocycles. The summed E-state index contributed by atoms with van der Waals surface area (Å²) in [6.45, 7) is 0. The van der Waals surface area contributed by atoms with Crippen molar-refractivity contribution in [1.29, 1.82) is 0 Å². The van der Waals surface area contributed by atoms with Gasteiger partial charge in [-0.15, -0.1) is 22.7 Å². The summed E-state index contributed by atoms with van der Waals surface area (Å²) < 4.78 is 0. The molecule has 2 aromatic heterocycles. The molecule has 5 heteroatoms. The summed E-state index contributed by atoms with van der Waals surface area (Å²) in [5, 5.41) is 5.18. The van der Waals surface area contributed by atoms with E-state index < -0.39 is 0 Å². The predicted octanol–water partition coefficient (Wildman–Crippen LogP) is 5.13. The minimum absolute atomic E-state index is 0.303. The number of hydrogen-bond acceptors (Lipinski definition) is 4. The molecule has 2 saturated carbocycles. The van der Waals surface area contributed by atoms with Gasteiger partial charge < -0.3 is 4.90 Å². The molecule has 0 radical (unpaired) electrons. The van der Waals surface area contributed by atoms with Crippen molar-refractivity contribution in [3.8, 4) is 9.88 Å². The second kappa shape index (κ2) is 7.36. The van der Waals surface area contributed by atoms with Gasteiger partial charge in [0.1, 0.15) is 5.01 Å². The molecule has 0 atom stereocenters. The number of carbonyl (C=O) groups excluding carboxylic acids is 1. The molecular weight excluding hydrogens is 336 g/mol. The van der Waals surface area contributed by atoms with Crippen LogP contribution in [-0.2, 0) is 11.2 Å². The van der Waals surface area contributed by atoms with Crippen LogP contribution in [0.4, 0.5) is 0 Å². The number of hydrogen-bond donors (Lipinski definition) is 0. The van der Waals surface area contributed by atoms with Crippen molar-refractivity contribution >= 4 is 28.6 Å². The topological polar surface area (TPSA) is 33.2 Å². The first kappa shape index (κ1) is 16.3. The van der Waals surface area contributed by atoms with E-state index in [0.717, 1.165) is 10.7 Å². The fourth-order valence-electron chi connectivity index (χ4n) is 4.22. The van der Waals surface area contributed by atoms with Gasteiger partial charge in [0.25, 0.3) is 0 Å². The van der Waals surface area contributed by atoms with Gasteiger partial charge >= 0.3 is 0 Å². The van der Waals surface area contributed by atoms with E-state index in [4.69, 9.17) is 4.98 Å². The van der Waals surface area contributed by atoms with Gasteiger partial charge in [-0.05, 0) is 37.1 Å². The minimum Gasteiger partial charge on any atom is -0.336 e. The molecule has 4 rings (SSSR count). The Morgan fingerprint density at radius 3 is 2.33 bits per heavy atom. The SMILES string of the molecule is O=C(Cc1csc(-c2cccs2)n1)N(C1CCCC1)C1CCCC1. The van der Waals surface area contributed by atoms with E-state index in [9.17, 15) is 4.79 Å². The van der Waals surface area contributed by atoms with E-state index in [-0.39, 0.29) is 0 Å². The number of carbonyl (C=O) groups is 1. The van der Waals surface area contributed by atoms with Crippen LogP contribution in [0.3, 0.4) is 0 Å². The Labute approximate surface area is 151 Å². The Hall–Kier alpha value is -1.20. The zero-order valence-corrected chi connectivity index (χ0v) is 15.6. The summed E-state index contributed by atoms with van der Waals surface area (Å²) in [5.41, 5.74) is 0.939. The van der Waals surface area contributed by atoms with Crippen molar-refractivity contribution in [3.63, 3.8) is 0 Å². The zero-order chi connectivity index (χ0) is 16.4. The van der Waals surface area contributed by atoms with E-state index in [1.54, 1.807) is 22.7 Å². The van der Waals surface area contributed by atoms with Gasteiger partial charge in [0.15, 0.2) is 0 Å². The third-order valence-corrected chi connectivity index (χ3v) is 7.27. The van der Waals surface area contributed by atoms with Crippen molar-refractivity contribution in [2.45, 2.75) is 69.9 Å². The average molecular weight is 361 g/mol. The summed E-state index contributed by atoms with van der Waals surface area (Å²) in [6, 6.07) is 5.11. The highest BCUT2D eigenvalue weighted by molar-refractivity contribution is 7.20. The van der Waals surface area contributed by atoms with Gasteiger partial charge in [0, 0.05) is 17.5 Å². The van der Waals surface area contributed by atoms with Crippen molar-refractivity contribution in [2.24, 2.45) is 0 Å². The number of thiophene rings is 1. The molecule has 24 heavy (non-hydrogen) atoms. The fraction of sp³-hybridized carbons (Fsp3) is 0.579. The van der Waals surface area contributed by atoms with Gasteiger partial charge in [-0.1, -0.05) is 31.7 Å². The molecule has 2 aliphatic rings. The Kier molecular flexibility index (Phi) is 4.99. The van der Waals surface area contributed by atoms with E-state index in [1.165, 1.54) is 56.2 Å². The Morgan fingerprint density at radius 2 is 1.75 bits per heavy atom. The first-order valence-electron chi connectivity index (χ1n) is 9.11. The first-order valence-corrected chi connectivity index (χ1v) is 10.9. The highest BCUT2D eigenvalue weighted by Gasteiger charge is 2.34. The largest absolute Gasteiger partial charge is 0.336 e. The van der Waals surface area contributed by atoms with Crippen LogP contribution in [0.25, 0.3) is 9.88 Å². The van der Waals surface area contributed by atoms with E-state index in [1.807, 2.05) is 6.07 Å². The third kappa shape index (κ3) is 3.42. The van der Waals surface area contributed by atoms with Crippen LogP contribution >= 0.6 is 22.7 Å². The predicted molar refractivity (Wildman–Crippen MR) is 100 cm³/mol. The number of nitrogens with zero attached hydrogens (tertiary/aromatic N) is 2. The summed E-state index contributed by atoms with van der Waals surface area (Å²) in [4.78, 5) is 21.2. The van der Waals surface area contributed by atoms with Crippen molar-refractivity contribution in [2.75, 3.05) is 0 Å². The zero-order valence-electron chi connectivity index (χ0n) is 13.9. The highest BCUT2D eigenvalue weighted by Crippen LogP contribution is 2.33. The van der Waals surface area contributed by atoms with Crippen LogP contribution in [-0.4, -0.2) is 27.9 Å².